The first-order valence-electron chi connectivity index (χ1n) is 6.68. The maximum atomic E-state index is 12.4. The van der Waals surface area contributed by atoms with Gasteiger partial charge >= 0.3 is 0 Å². The van der Waals surface area contributed by atoms with Crippen LogP contribution in [-0.4, -0.2) is 40.8 Å². The molecule has 0 aromatic carbocycles. The molecule has 2 aromatic heterocycles. The third-order valence-corrected chi connectivity index (χ3v) is 4.44. The Kier molecular flexibility index (Phi) is 3.84. The summed E-state index contributed by atoms with van der Waals surface area (Å²) < 4.78 is 5.24. The van der Waals surface area contributed by atoms with Gasteiger partial charge in [-0.05, 0) is 30.2 Å². The summed E-state index contributed by atoms with van der Waals surface area (Å²) >= 11 is 1.55. The normalized spacial score (nSPS) is 19.2. The lowest BCUT2D eigenvalue weighted by molar-refractivity contribution is 0.0611. The van der Waals surface area contributed by atoms with E-state index < -0.39 is 0 Å². The molecular formula is C14H16N2O3S. The van der Waals surface area contributed by atoms with E-state index in [0.717, 1.165) is 24.3 Å². The Hall–Kier alpha value is -1.66. The van der Waals surface area contributed by atoms with Crippen LogP contribution >= 0.6 is 11.3 Å². The molecule has 3 rings (SSSR count). The predicted molar refractivity (Wildman–Crippen MR) is 75.5 cm³/mol. The molecule has 0 aliphatic carbocycles. The van der Waals surface area contributed by atoms with Gasteiger partial charge in [0.15, 0.2) is 11.5 Å². The van der Waals surface area contributed by atoms with E-state index >= 15 is 0 Å². The van der Waals surface area contributed by atoms with Crippen LogP contribution in [0.3, 0.4) is 0 Å². The van der Waals surface area contributed by atoms with Gasteiger partial charge in [-0.1, -0.05) is 11.2 Å². The molecule has 1 atom stereocenters. The van der Waals surface area contributed by atoms with E-state index in [1.807, 2.05) is 17.5 Å². The standard InChI is InChI=1S/C14H16N2O3S/c17-9-10-3-1-5-16(8-10)14(18)11-7-12(19-15-11)13-4-2-6-20-13/h2,4,6-7,10,17H,1,3,5,8-9H2. The second-order valence-corrected chi connectivity index (χ2v) is 5.94. The number of thiophene rings is 1. The highest BCUT2D eigenvalue weighted by Gasteiger charge is 2.26. The number of hydrogen-bond acceptors (Lipinski definition) is 5. The quantitative estimate of drug-likeness (QED) is 0.942. The van der Waals surface area contributed by atoms with Crippen molar-refractivity contribution in [3.8, 4) is 10.6 Å². The van der Waals surface area contributed by atoms with E-state index in [1.165, 1.54) is 0 Å². The summed E-state index contributed by atoms with van der Waals surface area (Å²) in [5.41, 5.74) is 0.340. The summed E-state index contributed by atoms with van der Waals surface area (Å²) in [4.78, 5) is 15.1. The summed E-state index contributed by atoms with van der Waals surface area (Å²) in [5, 5.41) is 15.0. The number of carbonyl (C=O) groups excluding carboxylic acids is 1. The lowest BCUT2D eigenvalue weighted by atomic mass is 9.99. The van der Waals surface area contributed by atoms with Crippen LogP contribution in [0.4, 0.5) is 0 Å². The summed E-state index contributed by atoms with van der Waals surface area (Å²) in [7, 11) is 0. The number of nitrogens with zero attached hydrogens (tertiary/aromatic N) is 2. The fourth-order valence-corrected chi connectivity index (χ4v) is 3.14. The van der Waals surface area contributed by atoms with Crippen LogP contribution in [0, 0.1) is 5.92 Å². The van der Waals surface area contributed by atoms with Gasteiger partial charge in [0.1, 0.15) is 0 Å². The predicted octanol–water partition coefficient (Wildman–Crippen LogP) is 2.25. The van der Waals surface area contributed by atoms with Gasteiger partial charge in [-0.3, -0.25) is 4.79 Å². The first kappa shape index (κ1) is 13.3. The van der Waals surface area contributed by atoms with Crippen LogP contribution < -0.4 is 0 Å². The number of rotatable bonds is 3. The molecule has 3 heterocycles. The maximum absolute atomic E-state index is 12.4. The van der Waals surface area contributed by atoms with Gasteiger partial charge in [-0.25, -0.2) is 0 Å². The van der Waals surface area contributed by atoms with Crippen LogP contribution in [0.1, 0.15) is 23.3 Å². The Bertz CT molecular complexity index is 579. The second kappa shape index (κ2) is 5.76. The molecule has 1 unspecified atom stereocenters. The Morgan fingerprint density at radius 3 is 3.25 bits per heavy atom. The van der Waals surface area contributed by atoms with Gasteiger partial charge in [0, 0.05) is 25.8 Å². The smallest absolute Gasteiger partial charge is 0.276 e. The minimum absolute atomic E-state index is 0.116. The Balaban J connectivity index is 1.74. The van der Waals surface area contributed by atoms with Crippen molar-refractivity contribution in [1.29, 1.82) is 0 Å². The zero-order chi connectivity index (χ0) is 13.9. The van der Waals surface area contributed by atoms with Gasteiger partial charge in [-0.15, -0.1) is 11.3 Å². The van der Waals surface area contributed by atoms with Crippen molar-refractivity contribution in [3.05, 3.63) is 29.3 Å². The second-order valence-electron chi connectivity index (χ2n) is 5.00. The minimum atomic E-state index is -0.116. The summed E-state index contributed by atoms with van der Waals surface area (Å²) in [6.07, 6.45) is 1.89. The van der Waals surface area contributed by atoms with Crippen LogP contribution in [0.5, 0.6) is 0 Å². The number of aromatic nitrogens is 1. The highest BCUT2D eigenvalue weighted by molar-refractivity contribution is 7.13. The van der Waals surface area contributed by atoms with Gasteiger partial charge in [0.2, 0.25) is 0 Å². The Morgan fingerprint density at radius 2 is 2.50 bits per heavy atom. The van der Waals surface area contributed by atoms with Crippen molar-refractivity contribution in [2.45, 2.75) is 12.8 Å². The van der Waals surface area contributed by atoms with E-state index in [0.29, 0.717) is 18.0 Å². The molecule has 0 spiro atoms. The van der Waals surface area contributed by atoms with E-state index in [-0.39, 0.29) is 18.4 Å². The van der Waals surface area contributed by atoms with Crippen LogP contribution in [0.25, 0.3) is 10.6 Å². The largest absolute Gasteiger partial charge is 0.396 e. The molecule has 1 N–H and O–H groups in total. The van der Waals surface area contributed by atoms with E-state index in [2.05, 4.69) is 5.16 Å². The van der Waals surface area contributed by atoms with Gasteiger partial charge in [0.25, 0.3) is 5.91 Å². The molecule has 0 bridgehead atoms. The first-order valence-corrected chi connectivity index (χ1v) is 7.56. The van der Waals surface area contributed by atoms with Crippen molar-refractivity contribution >= 4 is 17.2 Å². The highest BCUT2D eigenvalue weighted by Crippen LogP contribution is 2.26. The number of piperidine rings is 1. The molecule has 1 fully saturated rings. The SMILES string of the molecule is O=C(c1cc(-c2cccs2)on1)N1CCCC(CO)C1. The van der Waals surface area contributed by atoms with Crippen molar-refractivity contribution in [3.63, 3.8) is 0 Å². The number of aliphatic hydroxyl groups is 1. The zero-order valence-corrected chi connectivity index (χ0v) is 11.8. The maximum Gasteiger partial charge on any atom is 0.276 e. The lowest BCUT2D eigenvalue weighted by Gasteiger charge is -2.31. The average molecular weight is 292 g/mol. The van der Waals surface area contributed by atoms with Crippen molar-refractivity contribution < 1.29 is 14.4 Å². The van der Waals surface area contributed by atoms with Gasteiger partial charge < -0.3 is 14.5 Å². The molecule has 1 saturated heterocycles. The molecular weight excluding hydrogens is 276 g/mol. The molecule has 1 aliphatic rings. The Labute approximate surface area is 120 Å². The first-order chi connectivity index (χ1) is 9.78. The van der Waals surface area contributed by atoms with E-state index in [4.69, 9.17) is 4.52 Å². The number of hydrogen-bond donors (Lipinski definition) is 1. The molecule has 0 saturated carbocycles. The third-order valence-electron chi connectivity index (χ3n) is 3.56. The van der Waals surface area contributed by atoms with Crippen LogP contribution in [0.2, 0.25) is 0 Å². The fraction of sp³-hybridized carbons (Fsp3) is 0.429. The molecule has 20 heavy (non-hydrogen) atoms. The van der Waals surface area contributed by atoms with Crippen LogP contribution in [-0.2, 0) is 0 Å². The van der Waals surface area contributed by atoms with E-state index in [9.17, 15) is 9.90 Å². The number of carbonyl (C=O) groups is 1. The summed E-state index contributed by atoms with van der Waals surface area (Å²) in [6, 6.07) is 5.55. The number of amides is 1. The minimum Gasteiger partial charge on any atom is -0.396 e. The van der Waals surface area contributed by atoms with Gasteiger partial charge in [-0.2, -0.15) is 0 Å². The average Bonchev–Trinajstić information content (AvgIpc) is 3.17. The number of aliphatic hydroxyl groups excluding tert-OH is 1. The third kappa shape index (κ3) is 2.62. The molecule has 106 valence electrons. The summed E-state index contributed by atoms with van der Waals surface area (Å²) in [6.45, 7) is 1.44. The zero-order valence-electron chi connectivity index (χ0n) is 11.0. The van der Waals surface area contributed by atoms with Crippen molar-refractivity contribution in [2.75, 3.05) is 19.7 Å². The molecule has 5 nitrogen and oxygen atoms in total. The molecule has 0 radical (unpaired) electrons. The van der Waals surface area contributed by atoms with Crippen molar-refractivity contribution in [2.24, 2.45) is 5.92 Å². The molecule has 1 amide bonds. The van der Waals surface area contributed by atoms with Crippen molar-refractivity contribution in [1.82, 2.24) is 10.1 Å². The van der Waals surface area contributed by atoms with Crippen LogP contribution in [0.15, 0.2) is 28.1 Å². The summed E-state index contributed by atoms with van der Waals surface area (Å²) in [5.74, 6) is 0.685. The fourth-order valence-electron chi connectivity index (χ4n) is 2.47. The molecule has 2 aromatic rings. The monoisotopic (exact) mass is 292 g/mol. The van der Waals surface area contributed by atoms with Gasteiger partial charge in [0.05, 0.1) is 4.88 Å². The topological polar surface area (TPSA) is 66.6 Å². The van der Waals surface area contributed by atoms with E-state index in [1.54, 1.807) is 22.3 Å². The lowest BCUT2D eigenvalue weighted by Crippen LogP contribution is -2.41. The number of likely N-dealkylation sites (tertiary alicyclic amines) is 1. The highest BCUT2D eigenvalue weighted by atomic mass is 32.1. The Morgan fingerprint density at radius 1 is 1.60 bits per heavy atom. The molecule has 6 heteroatoms. The molecule has 1 aliphatic heterocycles.